The third-order valence-electron chi connectivity index (χ3n) is 4.80. The molecule has 0 bridgehead atoms. The van der Waals surface area contributed by atoms with E-state index in [0.717, 1.165) is 47.9 Å². The predicted octanol–water partition coefficient (Wildman–Crippen LogP) is 4.26. The van der Waals surface area contributed by atoms with Crippen LogP contribution in [0.25, 0.3) is 0 Å². The number of aromatic nitrogens is 2. The number of hydrogen-bond acceptors (Lipinski definition) is 4. The zero-order chi connectivity index (χ0) is 18.3. The molecule has 2 heterocycles. The molecular formula is C19H20F3N3O. The first-order valence-corrected chi connectivity index (χ1v) is 8.79. The monoisotopic (exact) mass is 363 g/mol. The molecule has 2 fully saturated rings. The molecule has 4 nitrogen and oxygen atoms in total. The number of rotatable bonds is 3. The van der Waals surface area contributed by atoms with Crippen LogP contribution in [0.2, 0.25) is 0 Å². The van der Waals surface area contributed by atoms with Gasteiger partial charge < -0.3 is 9.64 Å². The number of nitrogens with zero attached hydrogens (tertiary/aromatic N) is 3. The van der Waals surface area contributed by atoms with E-state index < -0.39 is 11.7 Å². The third-order valence-corrected chi connectivity index (χ3v) is 4.80. The highest BCUT2D eigenvalue weighted by Gasteiger charge is 2.31. The van der Waals surface area contributed by atoms with Crippen LogP contribution in [0.1, 0.15) is 47.5 Å². The summed E-state index contributed by atoms with van der Waals surface area (Å²) in [6.45, 7) is 3.74. The zero-order valence-corrected chi connectivity index (χ0v) is 14.5. The van der Waals surface area contributed by atoms with Crippen LogP contribution >= 0.6 is 0 Å². The van der Waals surface area contributed by atoms with E-state index >= 15 is 0 Å². The largest absolute Gasteiger partial charge is 0.416 e. The molecule has 4 rings (SSSR count). The first kappa shape index (κ1) is 17.3. The number of anilines is 1. The van der Waals surface area contributed by atoms with E-state index in [2.05, 4.69) is 9.88 Å². The SMILES string of the molecule is Cc1cc(N2CCO[C@@H](c3ccc(C(F)(F)F)cc3)C2)nc(C2CC2)n1. The van der Waals surface area contributed by atoms with Crippen molar-refractivity contribution in [3.05, 3.63) is 53.0 Å². The number of ether oxygens (including phenoxy) is 1. The van der Waals surface area contributed by atoms with Gasteiger partial charge in [0.15, 0.2) is 0 Å². The van der Waals surface area contributed by atoms with Gasteiger partial charge in [0.05, 0.1) is 12.2 Å². The molecule has 0 unspecified atom stereocenters. The maximum Gasteiger partial charge on any atom is 0.416 e. The van der Waals surface area contributed by atoms with Crippen molar-refractivity contribution >= 4 is 5.82 Å². The molecule has 1 aromatic heterocycles. The van der Waals surface area contributed by atoms with E-state index in [9.17, 15) is 13.2 Å². The molecule has 1 aliphatic carbocycles. The number of hydrogen-bond donors (Lipinski definition) is 0. The predicted molar refractivity (Wildman–Crippen MR) is 91.1 cm³/mol. The van der Waals surface area contributed by atoms with E-state index in [-0.39, 0.29) is 6.10 Å². The van der Waals surface area contributed by atoms with Gasteiger partial charge in [0.2, 0.25) is 0 Å². The highest BCUT2D eigenvalue weighted by Crippen LogP contribution is 2.39. The van der Waals surface area contributed by atoms with E-state index in [1.54, 1.807) is 0 Å². The van der Waals surface area contributed by atoms with Crippen molar-refractivity contribution in [2.45, 2.75) is 38.0 Å². The van der Waals surface area contributed by atoms with Crippen LogP contribution in [0.4, 0.5) is 19.0 Å². The molecule has 2 aliphatic rings. The van der Waals surface area contributed by atoms with Crippen molar-refractivity contribution in [2.24, 2.45) is 0 Å². The summed E-state index contributed by atoms with van der Waals surface area (Å²) in [5.41, 5.74) is 1.04. The van der Waals surface area contributed by atoms with E-state index in [4.69, 9.17) is 9.72 Å². The number of morpholine rings is 1. The second-order valence-electron chi connectivity index (χ2n) is 6.93. The molecule has 1 aromatic carbocycles. The smallest absolute Gasteiger partial charge is 0.370 e. The maximum atomic E-state index is 12.7. The highest BCUT2D eigenvalue weighted by molar-refractivity contribution is 5.42. The van der Waals surface area contributed by atoms with Gasteiger partial charge in [-0.3, -0.25) is 0 Å². The lowest BCUT2D eigenvalue weighted by Gasteiger charge is -2.34. The molecule has 1 saturated carbocycles. The summed E-state index contributed by atoms with van der Waals surface area (Å²) in [6.07, 6.45) is -2.32. The Morgan fingerprint density at radius 1 is 1.12 bits per heavy atom. The molecule has 0 N–H and O–H groups in total. The van der Waals surface area contributed by atoms with Gasteiger partial charge in [-0.05, 0) is 37.5 Å². The summed E-state index contributed by atoms with van der Waals surface area (Å²) in [6, 6.07) is 7.17. The topological polar surface area (TPSA) is 38.2 Å². The zero-order valence-electron chi connectivity index (χ0n) is 14.5. The second kappa shape index (κ2) is 6.54. The molecule has 0 spiro atoms. The Hall–Kier alpha value is -2.15. The standard InChI is InChI=1S/C19H20F3N3O/c1-12-10-17(24-18(23-12)14-2-3-14)25-8-9-26-16(11-25)13-4-6-15(7-5-13)19(20,21)22/h4-7,10,14,16H,2-3,8-9,11H2,1H3/t16-/m1/s1. The Kier molecular flexibility index (Phi) is 4.34. The molecule has 1 aliphatic heterocycles. The Morgan fingerprint density at radius 3 is 2.50 bits per heavy atom. The molecule has 1 atom stereocenters. The van der Waals surface area contributed by atoms with Gasteiger partial charge in [-0.1, -0.05) is 12.1 Å². The van der Waals surface area contributed by atoms with Gasteiger partial charge in [0, 0.05) is 30.8 Å². The van der Waals surface area contributed by atoms with E-state index in [1.165, 1.54) is 12.1 Å². The lowest BCUT2D eigenvalue weighted by Crippen LogP contribution is -2.39. The maximum absolute atomic E-state index is 12.7. The van der Waals surface area contributed by atoms with Crippen LogP contribution in [0.3, 0.4) is 0 Å². The van der Waals surface area contributed by atoms with Crippen molar-refractivity contribution in [1.82, 2.24) is 9.97 Å². The van der Waals surface area contributed by atoms with Gasteiger partial charge >= 0.3 is 6.18 Å². The first-order valence-electron chi connectivity index (χ1n) is 8.79. The van der Waals surface area contributed by atoms with Gasteiger partial charge in [0.1, 0.15) is 17.7 Å². The average Bonchev–Trinajstić information content (AvgIpc) is 3.46. The molecular weight excluding hydrogens is 343 g/mol. The molecule has 26 heavy (non-hydrogen) atoms. The Bertz CT molecular complexity index is 788. The minimum Gasteiger partial charge on any atom is -0.370 e. The second-order valence-corrected chi connectivity index (χ2v) is 6.93. The molecule has 0 amide bonds. The van der Waals surface area contributed by atoms with Gasteiger partial charge in [-0.15, -0.1) is 0 Å². The van der Waals surface area contributed by atoms with Crippen LogP contribution in [0.5, 0.6) is 0 Å². The lowest BCUT2D eigenvalue weighted by molar-refractivity contribution is -0.137. The normalized spacial score (nSPS) is 21.1. The summed E-state index contributed by atoms with van der Waals surface area (Å²) in [7, 11) is 0. The molecule has 7 heteroatoms. The minimum atomic E-state index is -4.32. The van der Waals surface area contributed by atoms with Crippen LogP contribution in [-0.4, -0.2) is 29.7 Å². The molecule has 2 aromatic rings. The average molecular weight is 363 g/mol. The number of benzene rings is 1. The van der Waals surface area contributed by atoms with Gasteiger partial charge in [0.25, 0.3) is 0 Å². The molecule has 0 radical (unpaired) electrons. The minimum absolute atomic E-state index is 0.273. The quantitative estimate of drug-likeness (QED) is 0.817. The van der Waals surface area contributed by atoms with Crippen molar-refractivity contribution in [3.63, 3.8) is 0 Å². The van der Waals surface area contributed by atoms with Crippen LogP contribution < -0.4 is 4.90 Å². The van der Waals surface area contributed by atoms with Crippen molar-refractivity contribution < 1.29 is 17.9 Å². The molecule has 1 saturated heterocycles. The number of aryl methyl sites for hydroxylation is 1. The van der Waals surface area contributed by atoms with Gasteiger partial charge in [-0.2, -0.15) is 13.2 Å². The van der Waals surface area contributed by atoms with Crippen molar-refractivity contribution in [3.8, 4) is 0 Å². The third kappa shape index (κ3) is 3.67. The lowest BCUT2D eigenvalue weighted by atomic mass is 10.1. The van der Waals surface area contributed by atoms with E-state index in [0.29, 0.717) is 25.6 Å². The Balaban J connectivity index is 1.52. The Morgan fingerprint density at radius 2 is 1.85 bits per heavy atom. The van der Waals surface area contributed by atoms with Crippen LogP contribution in [-0.2, 0) is 10.9 Å². The summed E-state index contributed by atoms with van der Waals surface area (Å²) in [4.78, 5) is 11.4. The van der Waals surface area contributed by atoms with Crippen LogP contribution in [0, 0.1) is 6.92 Å². The number of halogens is 3. The fourth-order valence-corrected chi connectivity index (χ4v) is 3.21. The summed E-state index contributed by atoms with van der Waals surface area (Å²) >= 11 is 0. The number of alkyl halides is 3. The fraction of sp³-hybridized carbons (Fsp3) is 0.474. The van der Waals surface area contributed by atoms with Crippen molar-refractivity contribution in [2.75, 3.05) is 24.6 Å². The van der Waals surface area contributed by atoms with E-state index in [1.807, 2.05) is 13.0 Å². The Labute approximate surface area is 150 Å². The van der Waals surface area contributed by atoms with Gasteiger partial charge in [-0.25, -0.2) is 9.97 Å². The van der Waals surface area contributed by atoms with Crippen LogP contribution in [0.15, 0.2) is 30.3 Å². The fourth-order valence-electron chi connectivity index (χ4n) is 3.21. The summed E-state index contributed by atoms with van der Waals surface area (Å²) in [5.74, 6) is 2.25. The summed E-state index contributed by atoms with van der Waals surface area (Å²) < 4.78 is 44.0. The molecule has 138 valence electrons. The highest BCUT2D eigenvalue weighted by atomic mass is 19.4. The van der Waals surface area contributed by atoms with Crippen molar-refractivity contribution in [1.29, 1.82) is 0 Å². The first-order chi connectivity index (χ1) is 12.4. The summed E-state index contributed by atoms with van der Waals surface area (Å²) in [5, 5.41) is 0.